The first kappa shape index (κ1) is 12.5. The van der Waals surface area contributed by atoms with Gasteiger partial charge in [-0.15, -0.1) is 16.4 Å². The summed E-state index contributed by atoms with van der Waals surface area (Å²) >= 11 is 1.22. The maximum absolute atomic E-state index is 12.1. The smallest absolute Gasteiger partial charge is 0.263 e. The Bertz CT molecular complexity index is 779. The van der Waals surface area contributed by atoms with Crippen LogP contribution in [0.4, 0.5) is 5.69 Å². The van der Waals surface area contributed by atoms with Crippen molar-refractivity contribution in [3.63, 3.8) is 0 Å². The van der Waals surface area contributed by atoms with Gasteiger partial charge in [-0.1, -0.05) is 5.16 Å². The van der Waals surface area contributed by atoms with E-state index in [2.05, 4.69) is 20.7 Å². The minimum absolute atomic E-state index is 0.258. The number of fused-ring (bicyclic) bond motifs is 1. The monoisotopic (exact) mass is 289 g/mol. The van der Waals surface area contributed by atoms with Crippen LogP contribution in [0.3, 0.4) is 0 Å². The van der Waals surface area contributed by atoms with Gasteiger partial charge in [0.05, 0.1) is 18.4 Å². The van der Waals surface area contributed by atoms with Crippen LogP contribution in [0.2, 0.25) is 0 Å². The lowest BCUT2D eigenvalue weighted by Gasteiger charge is -2.01. The number of rotatable bonds is 3. The highest BCUT2D eigenvalue weighted by molar-refractivity contribution is 7.21. The van der Waals surface area contributed by atoms with Gasteiger partial charge in [0, 0.05) is 11.5 Å². The average molecular weight is 289 g/mol. The number of aromatic nitrogens is 3. The Labute approximate surface area is 117 Å². The zero-order chi connectivity index (χ0) is 14.1. The molecule has 0 unspecified atom stereocenters. The van der Waals surface area contributed by atoms with Crippen molar-refractivity contribution in [3.05, 3.63) is 34.7 Å². The molecule has 0 aliphatic heterocycles. The zero-order valence-electron chi connectivity index (χ0n) is 10.6. The van der Waals surface area contributed by atoms with Gasteiger partial charge in [0.1, 0.15) is 21.2 Å². The summed E-state index contributed by atoms with van der Waals surface area (Å²) in [6.07, 6.45) is 1.55. The number of nitrogens with one attached hydrogen (secondary N) is 1. The van der Waals surface area contributed by atoms with Crippen LogP contribution in [0.15, 0.2) is 22.9 Å². The first-order chi connectivity index (χ1) is 9.65. The number of thiophene rings is 1. The molecule has 8 heteroatoms. The number of carbonyl (C=O) groups excluding carboxylic acids is 1. The lowest BCUT2D eigenvalue weighted by Crippen LogP contribution is -2.22. The van der Waals surface area contributed by atoms with Crippen molar-refractivity contribution in [1.82, 2.24) is 20.7 Å². The fourth-order valence-electron chi connectivity index (χ4n) is 1.79. The summed E-state index contributed by atoms with van der Waals surface area (Å²) in [7, 11) is 0. The average Bonchev–Trinajstić information content (AvgIpc) is 3.01. The van der Waals surface area contributed by atoms with Crippen molar-refractivity contribution < 1.29 is 9.32 Å². The maximum atomic E-state index is 12.1. The molecule has 1 amide bonds. The third kappa shape index (κ3) is 2.21. The molecule has 0 bridgehead atoms. The molecule has 0 aliphatic carbocycles. The van der Waals surface area contributed by atoms with Crippen molar-refractivity contribution >= 4 is 33.1 Å². The van der Waals surface area contributed by atoms with E-state index < -0.39 is 0 Å². The topological polar surface area (TPSA) is 107 Å². The molecule has 0 atom stereocenters. The minimum Gasteiger partial charge on any atom is -0.397 e. The molecule has 3 N–H and O–H groups in total. The summed E-state index contributed by atoms with van der Waals surface area (Å²) in [5.74, 6) is 0.442. The third-order valence-electron chi connectivity index (χ3n) is 2.73. The molecule has 0 radical (unpaired) electrons. The van der Waals surface area contributed by atoms with Gasteiger partial charge < -0.3 is 15.6 Å². The third-order valence-corrected chi connectivity index (χ3v) is 3.84. The summed E-state index contributed by atoms with van der Waals surface area (Å²) in [6, 6.07) is 3.51. The largest absolute Gasteiger partial charge is 0.397 e. The predicted octanol–water partition coefficient (Wildman–Crippen LogP) is 1.50. The van der Waals surface area contributed by atoms with Gasteiger partial charge in [-0.2, -0.15) is 5.10 Å². The number of carbonyl (C=O) groups is 1. The quantitative estimate of drug-likeness (QED) is 0.756. The predicted molar refractivity (Wildman–Crippen MR) is 74.2 cm³/mol. The SMILES string of the molecule is Cc1cc(CNC(=O)c2sc3nnccc3c2N)no1. The number of anilines is 1. The second-order valence-electron chi connectivity index (χ2n) is 4.21. The fourth-order valence-corrected chi connectivity index (χ4v) is 2.75. The van der Waals surface area contributed by atoms with E-state index in [4.69, 9.17) is 10.3 Å². The molecular weight excluding hydrogens is 278 g/mol. The van der Waals surface area contributed by atoms with E-state index in [1.165, 1.54) is 11.3 Å². The van der Waals surface area contributed by atoms with E-state index in [1.54, 1.807) is 25.3 Å². The Balaban J connectivity index is 1.80. The van der Waals surface area contributed by atoms with Crippen LogP contribution in [0.5, 0.6) is 0 Å². The molecular formula is C12H11N5O2S. The van der Waals surface area contributed by atoms with E-state index >= 15 is 0 Å². The first-order valence-corrected chi connectivity index (χ1v) is 6.67. The normalized spacial score (nSPS) is 10.8. The number of hydrogen-bond donors (Lipinski definition) is 2. The highest BCUT2D eigenvalue weighted by atomic mass is 32.1. The maximum Gasteiger partial charge on any atom is 0.263 e. The Kier molecular flexibility index (Phi) is 3.07. The van der Waals surface area contributed by atoms with Crippen molar-refractivity contribution in [2.75, 3.05) is 5.73 Å². The summed E-state index contributed by atoms with van der Waals surface area (Å²) in [5.41, 5.74) is 7.05. The molecule has 102 valence electrons. The lowest BCUT2D eigenvalue weighted by molar-refractivity contribution is 0.0955. The van der Waals surface area contributed by atoms with Crippen molar-refractivity contribution in [3.8, 4) is 0 Å². The number of nitrogen functional groups attached to an aromatic ring is 1. The Morgan fingerprint density at radius 1 is 1.55 bits per heavy atom. The van der Waals surface area contributed by atoms with E-state index in [-0.39, 0.29) is 12.5 Å². The van der Waals surface area contributed by atoms with E-state index in [9.17, 15) is 4.79 Å². The molecule has 0 spiro atoms. The molecule has 3 aromatic rings. The molecule has 0 saturated heterocycles. The molecule has 3 rings (SSSR count). The highest BCUT2D eigenvalue weighted by Crippen LogP contribution is 2.31. The van der Waals surface area contributed by atoms with Gasteiger partial charge in [0.2, 0.25) is 0 Å². The van der Waals surface area contributed by atoms with E-state index in [0.29, 0.717) is 26.8 Å². The molecule has 0 aliphatic rings. The Morgan fingerprint density at radius 3 is 3.10 bits per heavy atom. The summed E-state index contributed by atoms with van der Waals surface area (Å²) in [4.78, 5) is 13.2. The summed E-state index contributed by atoms with van der Waals surface area (Å²) in [5, 5.41) is 15.0. The minimum atomic E-state index is -0.258. The second kappa shape index (κ2) is 4.89. The Hall–Kier alpha value is -2.48. The fraction of sp³-hybridized carbons (Fsp3) is 0.167. The number of nitrogens with zero attached hydrogens (tertiary/aromatic N) is 3. The standard InChI is InChI=1S/C12H11N5O2S/c1-6-4-7(17-19-6)5-14-11(18)10-9(13)8-2-3-15-16-12(8)20-10/h2-4H,5,13H2,1H3,(H,14,18). The Morgan fingerprint density at radius 2 is 2.40 bits per heavy atom. The van der Waals surface area contributed by atoms with Gasteiger partial charge in [0.25, 0.3) is 5.91 Å². The zero-order valence-corrected chi connectivity index (χ0v) is 11.4. The summed E-state index contributed by atoms with van der Waals surface area (Å²) < 4.78 is 4.93. The van der Waals surface area contributed by atoms with Crippen molar-refractivity contribution in [1.29, 1.82) is 0 Å². The molecule has 3 aromatic heterocycles. The van der Waals surface area contributed by atoms with E-state index in [0.717, 1.165) is 5.39 Å². The number of aryl methyl sites for hydroxylation is 1. The van der Waals surface area contributed by atoms with Crippen LogP contribution in [0.25, 0.3) is 10.2 Å². The van der Waals surface area contributed by atoms with Gasteiger partial charge in [-0.3, -0.25) is 4.79 Å². The van der Waals surface area contributed by atoms with Crippen LogP contribution < -0.4 is 11.1 Å². The van der Waals surface area contributed by atoms with Crippen LogP contribution in [-0.4, -0.2) is 21.3 Å². The number of hydrogen-bond acceptors (Lipinski definition) is 7. The molecule has 0 aromatic carbocycles. The number of nitrogens with two attached hydrogens (primary N) is 1. The van der Waals surface area contributed by atoms with Crippen LogP contribution in [-0.2, 0) is 6.54 Å². The first-order valence-electron chi connectivity index (χ1n) is 5.85. The lowest BCUT2D eigenvalue weighted by atomic mass is 10.3. The molecule has 7 nitrogen and oxygen atoms in total. The van der Waals surface area contributed by atoms with Crippen LogP contribution >= 0.6 is 11.3 Å². The van der Waals surface area contributed by atoms with Crippen molar-refractivity contribution in [2.24, 2.45) is 0 Å². The van der Waals surface area contributed by atoms with Gasteiger partial charge in [0.15, 0.2) is 0 Å². The van der Waals surface area contributed by atoms with E-state index in [1.807, 2.05) is 0 Å². The van der Waals surface area contributed by atoms with Gasteiger partial charge in [-0.05, 0) is 13.0 Å². The molecule has 0 saturated carbocycles. The van der Waals surface area contributed by atoms with Crippen LogP contribution in [0.1, 0.15) is 21.1 Å². The van der Waals surface area contributed by atoms with Gasteiger partial charge in [-0.25, -0.2) is 0 Å². The molecule has 20 heavy (non-hydrogen) atoms. The van der Waals surface area contributed by atoms with Crippen LogP contribution in [0, 0.1) is 6.92 Å². The van der Waals surface area contributed by atoms with Gasteiger partial charge >= 0.3 is 0 Å². The molecule has 0 fully saturated rings. The summed E-state index contributed by atoms with van der Waals surface area (Å²) in [6.45, 7) is 2.08. The highest BCUT2D eigenvalue weighted by Gasteiger charge is 2.17. The molecule has 3 heterocycles. The number of amides is 1. The van der Waals surface area contributed by atoms with Crippen molar-refractivity contribution in [2.45, 2.75) is 13.5 Å². The second-order valence-corrected chi connectivity index (χ2v) is 5.21.